The van der Waals surface area contributed by atoms with Crippen molar-refractivity contribution in [3.8, 4) is 11.5 Å². The first kappa shape index (κ1) is 17.7. The van der Waals surface area contributed by atoms with E-state index in [1.807, 2.05) is 13.0 Å². The summed E-state index contributed by atoms with van der Waals surface area (Å²) in [5.74, 6) is -1.77. The minimum Gasteiger partial charge on any atom is -0.451 e. The molecule has 4 rings (SSSR count). The smallest absolute Gasteiger partial charge is 0.451 e. The highest BCUT2D eigenvalue weighted by Gasteiger charge is 2.43. The molecule has 3 heterocycles. The van der Waals surface area contributed by atoms with Gasteiger partial charge in [-0.05, 0) is 36.8 Å². The topological polar surface area (TPSA) is 91.2 Å². The molecule has 0 bridgehead atoms. The van der Waals surface area contributed by atoms with Crippen LogP contribution in [0.15, 0.2) is 42.7 Å². The van der Waals surface area contributed by atoms with Gasteiger partial charge in [0.2, 0.25) is 0 Å². The van der Waals surface area contributed by atoms with E-state index in [-0.39, 0.29) is 22.9 Å². The van der Waals surface area contributed by atoms with Crippen molar-refractivity contribution in [1.82, 2.24) is 9.38 Å². The van der Waals surface area contributed by atoms with Crippen LogP contribution in [0.1, 0.15) is 16.1 Å². The van der Waals surface area contributed by atoms with E-state index in [1.54, 1.807) is 16.7 Å². The second kappa shape index (κ2) is 6.48. The fraction of sp³-hybridized carbons (Fsp3) is 0.167. The van der Waals surface area contributed by atoms with Gasteiger partial charge < -0.3 is 23.9 Å². The number of hydrogen-bond donors (Lipinski definition) is 1. The molecule has 8 nitrogen and oxygen atoms in total. The predicted molar refractivity (Wildman–Crippen MR) is 91.5 cm³/mol. The first-order valence-corrected chi connectivity index (χ1v) is 8.11. The van der Waals surface area contributed by atoms with Gasteiger partial charge >= 0.3 is 12.3 Å². The Balaban J connectivity index is 1.36. The van der Waals surface area contributed by atoms with Gasteiger partial charge in [0.15, 0.2) is 23.8 Å². The van der Waals surface area contributed by atoms with E-state index in [9.17, 15) is 18.4 Å². The van der Waals surface area contributed by atoms with E-state index < -0.39 is 24.8 Å². The maximum absolute atomic E-state index is 13.0. The molecular weight excluding hydrogens is 376 g/mol. The summed E-state index contributed by atoms with van der Waals surface area (Å²) in [5.41, 5.74) is 1.81. The summed E-state index contributed by atoms with van der Waals surface area (Å²) in [6.45, 7) is 1.32. The number of carbonyl (C=O) groups is 2. The number of fused-ring (bicyclic) bond motifs is 2. The third-order valence-electron chi connectivity index (χ3n) is 3.84. The minimum absolute atomic E-state index is 0.0590. The summed E-state index contributed by atoms with van der Waals surface area (Å²) < 4.78 is 41.2. The highest BCUT2D eigenvalue weighted by atomic mass is 19.3. The molecule has 0 unspecified atom stereocenters. The Kier molecular flexibility index (Phi) is 4.10. The zero-order valence-electron chi connectivity index (χ0n) is 14.4. The van der Waals surface area contributed by atoms with Gasteiger partial charge in [-0.3, -0.25) is 4.79 Å². The largest absolute Gasteiger partial charge is 0.586 e. The van der Waals surface area contributed by atoms with Crippen LogP contribution in [0.3, 0.4) is 0 Å². The van der Waals surface area contributed by atoms with Crippen LogP contribution in [0.2, 0.25) is 0 Å². The van der Waals surface area contributed by atoms with E-state index in [0.29, 0.717) is 5.65 Å². The first-order valence-electron chi connectivity index (χ1n) is 8.11. The van der Waals surface area contributed by atoms with Crippen LogP contribution in [0.25, 0.3) is 5.65 Å². The molecule has 1 N–H and O–H groups in total. The number of pyridine rings is 1. The number of amides is 1. The molecule has 0 spiro atoms. The summed E-state index contributed by atoms with van der Waals surface area (Å²) in [4.78, 5) is 28.2. The lowest BCUT2D eigenvalue weighted by Gasteiger charge is -2.06. The summed E-state index contributed by atoms with van der Waals surface area (Å²) in [5, 5.41) is 2.42. The van der Waals surface area contributed by atoms with Crippen LogP contribution in [0.4, 0.5) is 14.5 Å². The van der Waals surface area contributed by atoms with Crippen molar-refractivity contribution in [2.75, 3.05) is 11.9 Å². The van der Waals surface area contributed by atoms with Crippen molar-refractivity contribution >= 4 is 23.2 Å². The number of imidazole rings is 1. The molecule has 1 aromatic carbocycles. The molecule has 0 radical (unpaired) electrons. The zero-order valence-corrected chi connectivity index (χ0v) is 14.4. The van der Waals surface area contributed by atoms with Gasteiger partial charge in [-0.2, -0.15) is 0 Å². The average molecular weight is 389 g/mol. The highest BCUT2D eigenvalue weighted by molar-refractivity contribution is 5.95. The second-order valence-electron chi connectivity index (χ2n) is 6.05. The molecule has 10 heteroatoms. The van der Waals surface area contributed by atoms with Gasteiger partial charge in [-0.25, -0.2) is 9.78 Å². The number of halogens is 2. The Morgan fingerprint density at radius 1 is 1.21 bits per heavy atom. The third-order valence-corrected chi connectivity index (χ3v) is 3.84. The number of nitrogens with one attached hydrogen (secondary N) is 1. The molecule has 0 saturated carbocycles. The van der Waals surface area contributed by atoms with Gasteiger partial charge in [0.25, 0.3) is 5.91 Å². The van der Waals surface area contributed by atoms with Crippen LogP contribution in [0.5, 0.6) is 11.5 Å². The Hall–Kier alpha value is -3.69. The lowest BCUT2D eigenvalue weighted by atomic mass is 10.3. The summed E-state index contributed by atoms with van der Waals surface area (Å²) in [6.07, 6.45) is -0.496. The standard InChI is InChI=1S/C18H13F2N3O5/c1-10-4-5-23-8-12(22-15(23)6-10)17(25)26-9-16(24)21-11-2-3-13-14(7-11)28-18(19,20)27-13/h2-8H,9H2,1H3,(H,21,24). The van der Waals surface area contributed by atoms with E-state index in [0.717, 1.165) is 5.56 Å². The fourth-order valence-electron chi connectivity index (χ4n) is 2.61. The van der Waals surface area contributed by atoms with Gasteiger partial charge in [-0.1, -0.05) is 0 Å². The number of rotatable bonds is 4. The summed E-state index contributed by atoms with van der Waals surface area (Å²) >= 11 is 0. The maximum atomic E-state index is 13.0. The number of esters is 1. The molecule has 1 amide bonds. The highest BCUT2D eigenvalue weighted by Crippen LogP contribution is 2.42. The number of nitrogens with zero attached hydrogens (tertiary/aromatic N) is 2. The molecule has 0 fully saturated rings. The monoisotopic (exact) mass is 389 g/mol. The minimum atomic E-state index is -3.74. The van der Waals surface area contributed by atoms with E-state index in [2.05, 4.69) is 19.8 Å². The molecule has 2 aromatic heterocycles. The SMILES string of the molecule is Cc1ccn2cc(C(=O)OCC(=O)Nc3ccc4c(c3)OC(F)(F)O4)nc2c1. The Morgan fingerprint density at radius 3 is 2.82 bits per heavy atom. The molecule has 3 aromatic rings. The zero-order chi connectivity index (χ0) is 19.9. The second-order valence-corrected chi connectivity index (χ2v) is 6.05. The van der Waals surface area contributed by atoms with Crippen molar-refractivity contribution in [3.05, 3.63) is 54.0 Å². The number of carbonyl (C=O) groups excluding carboxylic acids is 2. The molecular formula is C18H13F2N3O5. The molecule has 1 aliphatic heterocycles. The molecule has 0 atom stereocenters. The number of anilines is 1. The van der Waals surface area contributed by atoms with Gasteiger partial charge in [0.1, 0.15) is 5.65 Å². The van der Waals surface area contributed by atoms with Crippen molar-refractivity contribution in [2.45, 2.75) is 13.2 Å². The van der Waals surface area contributed by atoms with Crippen molar-refractivity contribution in [2.24, 2.45) is 0 Å². The Bertz CT molecular complexity index is 1100. The molecule has 28 heavy (non-hydrogen) atoms. The predicted octanol–water partition coefficient (Wildman–Crippen LogP) is 2.76. The lowest BCUT2D eigenvalue weighted by molar-refractivity contribution is -0.286. The first-order chi connectivity index (χ1) is 13.3. The van der Waals surface area contributed by atoms with Crippen LogP contribution >= 0.6 is 0 Å². The Labute approximate surface area is 156 Å². The van der Waals surface area contributed by atoms with E-state index in [4.69, 9.17) is 4.74 Å². The number of ether oxygens (including phenoxy) is 3. The van der Waals surface area contributed by atoms with Gasteiger partial charge in [0, 0.05) is 24.1 Å². The van der Waals surface area contributed by atoms with Crippen molar-refractivity contribution < 1.29 is 32.6 Å². The quantitative estimate of drug-likeness (QED) is 0.690. The average Bonchev–Trinajstić information content (AvgIpc) is 3.17. The van der Waals surface area contributed by atoms with Crippen LogP contribution in [0, 0.1) is 6.92 Å². The third kappa shape index (κ3) is 3.56. The lowest BCUT2D eigenvalue weighted by Crippen LogP contribution is -2.25. The maximum Gasteiger partial charge on any atom is 0.586 e. The number of hydrogen-bond acceptors (Lipinski definition) is 6. The van der Waals surface area contributed by atoms with Crippen molar-refractivity contribution in [1.29, 1.82) is 0 Å². The van der Waals surface area contributed by atoms with Crippen LogP contribution in [-0.4, -0.2) is 34.2 Å². The van der Waals surface area contributed by atoms with Crippen LogP contribution < -0.4 is 14.8 Å². The normalized spacial score (nSPS) is 14.1. The van der Waals surface area contributed by atoms with E-state index >= 15 is 0 Å². The number of aromatic nitrogens is 2. The molecule has 144 valence electrons. The van der Waals surface area contributed by atoms with Crippen molar-refractivity contribution in [3.63, 3.8) is 0 Å². The Morgan fingerprint density at radius 2 is 2.00 bits per heavy atom. The number of benzene rings is 1. The van der Waals surface area contributed by atoms with E-state index in [1.165, 1.54) is 24.4 Å². The number of aryl methyl sites for hydroxylation is 1. The van der Waals surface area contributed by atoms with Crippen LogP contribution in [-0.2, 0) is 9.53 Å². The fourth-order valence-corrected chi connectivity index (χ4v) is 2.61. The molecule has 0 aliphatic carbocycles. The molecule has 1 aliphatic rings. The summed E-state index contributed by atoms with van der Waals surface area (Å²) in [7, 11) is 0. The number of alkyl halides is 2. The molecule has 0 saturated heterocycles. The van der Waals surface area contributed by atoms with Gasteiger partial charge in [0.05, 0.1) is 0 Å². The van der Waals surface area contributed by atoms with Gasteiger partial charge in [-0.15, -0.1) is 8.78 Å². The summed E-state index contributed by atoms with van der Waals surface area (Å²) in [6, 6.07) is 7.43.